The Kier molecular flexibility index (Phi) is 3.53. The third-order valence-electron chi connectivity index (χ3n) is 1.56. The van der Waals surface area contributed by atoms with Crippen molar-refractivity contribution >= 4 is 23.6 Å². The van der Waals surface area contributed by atoms with Gasteiger partial charge in [0.1, 0.15) is 0 Å². The molecule has 0 saturated carbocycles. The minimum absolute atomic E-state index is 0.0181. The van der Waals surface area contributed by atoms with E-state index in [0.29, 0.717) is 0 Å². The van der Waals surface area contributed by atoms with E-state index < -0.39 is 5.97 Å². The lowest BCUT2D eigenvalue weighted by molar-refractivity contribution is -0.132. The first-order valence-electron chi connectivity index (χ1n) is 3.79. The molecule has 0 unspecified atom stereocenters. The van der Waals surface area contributed by atoms with Gasteiger partial charge in [-0.15, -0.1) is 11.6 Å². The van der Waals surface area contributed by atoms with Crippen molar-refractivity contribution < 1.29 is 9.90 Å². The SMILES string of the molecule is O=C(O)C(=Cc1ccccc1)CCl. The van der Waals surface area contributed by atoms with E-state index >= 15 is 0 Å². The first-order valence-corrected chi connectivity index (χ1v) is 4.32. The van der Waals surface area contributed by atoms with Gasteiger partial charge in [-0.2, -0.15) is 0 Å². The number of rotatable bonds is 3. The predicted octanol–water partition coefficient (Wildman–Crippen LogP) is 2.39. The summed E-state index contributed by atoms with van der Waals surface area (Å²) in [4.78, 5) is 10.6. The molecule has 13 heavy (non-hydrogen) atoms. The Balaban J connectivity index is 2.92. The molecule has 0 spiro atoms. The minimum Gasteiger partial charge on any atom is -0.478 e. The summed E-state index contributed by atoms with van der Waals surface area (Å²) in [6, 6.07) is 9.22. The number of halogens is 1. The summed E-state index contributed by atoms with van der Waals surface area (Å²) in [6.45, 7) is 0. The summed E-state index contributed by atoms with van der Waals surface area (Å²) >= 11 is 5.46. The van der Waals surface area contributed by atoms with Crippen LogP contribution in [-0.4, -0.2) is 17.0 Å². The Labute approximate surface area is 81.5 Å². The van der Waals surface area contributed by atoms with E-state index in [-0.39, 0.29) is 11.5 Å². The van der Waals surface area contributed by atoms with Crippen LogP contribution in [0.3, 0.4) is 0 Å². The Hall–Kier alpha value is -1.28. The molecular formula is C10H9ClO2. The van der Waals surface area contributed by atoms with Gasteiger partial charge in [-0.25, -0.2) is 4.79 Å². The Morgan fingerprint density at radius 2 is 2.00 bits per heavy atom. The first kappa shape index (κ1) is 9.81. The van der Waals surface area contributed by atoms with E-state index in [2.05, 4.69) is 0 Å². The molecule has 0 saturated heterocycles. The summed E-state index contributed by atoms with van der Waals surface area (Å²) in [6.07, 6.45) is 1.56. The number of carboxylic acids is 1. The molecule has 1 aromatic carbocycles. The van der Waals surface area contributed by atoms with Crippen LogP contribution < -0.4 is 0 Å². The lowest BCUT2D eigenvalue weighted by Gasteiger charge is -1.96. The number of hydrogen-bond donors (Lipinski definition) is 1. The van der Waals surface area contributed by atoms with Crippen molar-refractivity contribution in [3.8, 4) is 0 Å². The normalized spacial score (nSPS) is 11.3. The maximum atomic E-state index is 10.6. The Bertz CT molecular complexity index is 317. The molecule has 0 heterocycles. The van der Waals surface area contributed by atoms with Gasteiger partial charge in [-0.1, -0.05) is 30.3 Å². The number of alkyl halides is 1. The van der Waals surface area contributed by atoms with E-state index in [1.807, 2.05) is 30.3 Å². The highest BCUT2D eigenvalue weighted by Gasteiger charge is 2.04. The van der Waals surface area contributed by atoms with E-state index in [0.717, 1.165) is 5.56 Å². The first-order chi connectivity index (χ1) is 6.24. The molecule has 0 atom stereocenters. The zero-order valence-electron chi connectivity index (χ0n) is 6.90. The van der Waals surface area contributed by atoms with Crippen LogP contribution in [0.1, 0.15) is 5.56 Å². The van der Waals surface area contributed by atoms with Crippen molar-refractivity contribution in [2.24, 2.45) is 0 Å². The fourth-order valence-electron chi connectivity index (χ4n) is 0.908. The van der Waals surface area contributed by atoms with Gasteiger partial charge in [-0.05, 0) is 11.6 Å². The van der Waals surface area contributed by atoms with E-state index in [1.165, 1.54) is 0 Å². The van der Waals surface area contributed by atoms with Crippen molar-refractivity contribution in [3.05, 3.63) is 41.5 Å². The van der Waals surface area contributed by atoms with Gasteiger partial charge in [0.2, 0.25) is 0 Å². The van der Waals surface area contributed by atoms with Crippen molar-refractivity contribution in [1.82, 2.24) is 0 Å². The maximum Gasteiger partial charge on any atom is 0.332 e. The van der Waals surface area contributed by atoms with E-state index in [4.69, 9.17) is 16.7 Å². The zero-order valence-corrected chi connectivity index (χ0v) is 7.66. The zero-order chi connectivity index (χ0) is 9.68. The second-order valence-electron chi connectivity index (χ2n) is 2.52. The average Bonchev–Trinajstić information content (AvgIpc) is 2.15. The van der Waals surface area contributed by atoms with Crippen LogP contribution in [0.15, 0.2) is 35.9 Å². The second-order valence-corrected chi connectivity index (χ2v) is 2.79. The Morgan fingerprint density at radius 3 is 2.46 bits per heavy atom. The van der Waals surface area contributed by atoms with E-state index in [9.17, 15) is 4.79 Å². The minimum atomic E-state index is -0.973. The van der Waals surface area contributed by atoms with Gasteiger partial charge >= 0.3 is 5.97 Å². The quantitative estimate of drug-likeness (QED) is 0.596. The molecule has 0 aliphatic heterocycles. The average molecular weight is 197 g/mol. The van der Waals surface area contributed by atoms with Gasteiger partial charge in [0.25, 0.3) is 0 Å². The van der Waals surface area contributed by atoms with Gasteiger partial charge in [0.15, 0.2) is 0 Å². The van der Waals surface area contributed by atoms with Crippen LogP contribution in [0.5, 0.6) is 0 Å². The molecule has 1 N–H and O–H groups in total. The molecule has 68 valence electrons. The summed E-state index contributed by atoms with van der Waals surface area (Å²) in [5.41, 5.74) is 1.05. The van der Waals surface area contributed by atoms with Crippen LogP contribution in [0.4, 0.5) is 0 Å². The number of benzene rings is 1. The lowest BCUT2D eigenvalue weighted by Crippen LogP contribution is -2.01. The maximum absolute atomic E-state index is 10.6. The molecule has 0 radical (unpaired) electrons. The number of hydrogen-bond acceptors (Lipinski definition) is 1. The summed E-state index contributed by atoms with van der Waals surface area (Å²) in [5.74, 6) is -0.955. The van der Waals surface area contributed by atoms with Gasteiger partial charge < -0.3 is 5.11 Å². The molecule has 0 bridgehead atoms. The topological polar surface area (TPSA) is 37.3 Å². The van der Waals surface area contributed by atoms with Crippen LogP contribution in [0.25, 0.3) is 6.08 Å². The number of aliphatic carboxylic acids is 1. The summed E-state index contributed by atoms with van der Waals surface area (Å²) in [5, 5.41) is 8.68. The van der Waals surface area contributed by atoms with Crippen molar-refractivity contribution in [3.63, 3.8) is 0 Å². The van der Waals surface area contributed by atoms with E-state index in [1.54, 1.807) is 6.08 Å². The van der Waals surface area contributed by atoms with Crippen LogP contribution in [0, 0.1) is 0 Å². The lowest BCUT2D eigenvalue weighted by atomic mass is 10.1. The number of carbonyl (C=O) groups is 1. The Morgan fingerprint density at radius 1 is 1.38 bits per heavy atom. The van der Waals surface area contributed by atoms with Gasteiger partial charge in [-0.3, -0.25) is 0 Å². The fourth-order valence-corrected chi connectivity index (χ4v) is 1.10. The highest BCUT2D eigenvalue weighted by Crippen LogP contribution is 2.07. The molecular weight excluding hydrogens is 188 g/mol. The van der Waals surface area contributed by atoms with Crippen LogP contribution in [0.2, 0.25) is 0 Å². The van der Waals surface area contributed by atoms with Crippen LogP contribution >= 0.6 is 11.6 Å². The monoisotopic (exact) mass is 196 g/mol. The fraction of sp³-hybridized carbons (Fsp3) is 0.100. The van der Waals surface area contributed by atoms with Crippen molar-refractivity contribution in [2.45, 2.75) is 0 Å². The molecule has 0 fully saturated rings. The third-order valence-corrected chi connectivity index (χ3v) is 1.85. The predicted molar refractivity (Wildman–Crippen MR) is 52.8 cm³/mol. The molecule has 0 aliphatic carbocycles. The highest BCUT2D eigenvalue weighted by atomic mass is 35.5. The van der Waals surface area contributed by atoms with Gasteiger partial charge in [0, 0.05) is 0 Å². The number of carboxylic acid groups (broad SMARTS) is 1. The summed E-state index contributed by atoms with van der Waals surface area (Å²) in [7, 11) is 0. The second kappa shape index (κ2) is 4.67. The third kappa shape index (κ3) is 2.92. The van der Waals surface area contributed by atoms with Crippen molar-refractivity contribution in [2.75, 3.05) is 5.88 Å². The molecule has 2 nitrogen and oxygen atoms in total. The molecule has 0 aliphatic rings. The molecule has 3 heteroatoms. The van der Waals surface area contributed by atoms with Crippen molar-refractivity contribution in [1.29, 1.82) is 0 Å². The smallest absolute Gasteiger partial charge is 0.332 e. The van der Waals surface area contributed by atoms with Gasteiger partial charge in [0.05, 0.1) is 11.5 Å². The molecule has 1 aromatic rings. The molecule has 0 amide bonds. The summed E-state index contributed by atoms with van der Waals surface area (Å²) < 4.78 is 0. The highest BCUT2D eigenvalue weighted by molar-refractivity contribution is 6.22. The largest absolute Gasteiger partial charge is 0.478 e. The van der Waals surface area contributed by atoms with Crippen LogP contribution in [-0.2, 0) is 4.79 Å². The standard InChI is InChI=1S/C10H9ClO2/c11-7-9(10(12)13)6-8-4-2-1-3-5-8/h1-6H,7H2,(H,12,13). The molecule has 1 rings (SSSR count). The molecule has 0 aromatic heterocycles.